The fourth-order valence-corrected chi connectivity index (χ4v) is 4.40. The number of halogens is 2. The number of nitrogens with zero attached hydrogens (tertiary/aromatic N) is 3. The van der Waals surface area contributed by atoms with Crippen molar-refractivity contribution in [1.29, 1.82) is 0 Å². The van der Waals surface area contributed by atoms with Crippen molar-refractivity contribution < 1.29 is 19.4 Å². The molecule has 3 N–H and O–H groups in total. The summed E-state index contributed by atoms with van der Waals surface area (Å²) in [4.78, 5) is 30.9. The predicted molar refractivity (Wildman–Crippen MR) is 144 cm³/mol. The average Bonchev–Trinajstić information content (AvgIpc) is 3.51. The molecule has 0 aliphatic heterocycles. The van der Waals surface area contributed by atoms with E-state index in [9.17, 15) is 14.7 Å². The zero-order valence-corrected chi connectivity index (χ0v) is 22.4. The Balaban J connectivity index is 1.74. The fraction of sp³-hybridized carbons (Fsp3) is 0.200. The quantitative estimate of drug-likeness (QED) is 0.262. The summed E-state index contributed by atoms with van der Waals surface area (Å²) in [5.41, 5.74) is 0.126. The number of rotatable bonds is 8. The van der Waals surface area contributed by atoms with Gasteiger partial charge in [-0.05, 0) is 62.0 Å². The van der Waals surface area contributed by atoms with Gasteiger partial charge in [-0.15, -0.1) is 16.4 Å². The first kappa shape index (κ1) is 26.6. The Morgan fingerprint density at radius 1 is 1.19 bits per heavy atom. The van der Waals surface area contributed by atoms with Crippen LogP contribution in [0.2, 0.25) is 10.0 Å². The molecule has 4 aromatic rings. The fourth-order valence-electron chi connectivity index (χ4n) is 3.38. The normalized spacial score (nSPS) is 11.3. The number of hydrogen-bond acceptors (Lipinski definition) is 7. The Kier molecular flexibility index (Phi) is 7.84. The third-order valence-corrected chi connectivity index (χ3v) is 6.38. The summed E-state index contributed by atoms with van der Waals surface area (Å²) in [7, 11) is 0. The van der Waals surface area contributed by atoms with Gasteiger partial charge in [0.15, 0.2) is 5.82 Å². The van der Waals surface area contributed by atoms with Crippen LogP contribution in [0.4, 0.5) is 5.69 Å². The SMILES string of the molecule is Cc1cc(Cl)cc(C(=O)NC(C)(C)CO)c1NC(=O)c1cc(Oc2ccsc2)nn1-c1ncccc1Cl. The molecule has 0 saturated heterocycles. The van der Waals surface area contributed by atoms with Crippen LogP contribution in [0, 0.1) is 6.92 Å². The minimum atomic E-state index is -0.892. The van der Waals surface area contributed by atoms with Gasteiger partial charge in [0.1, 0.15) is 11.4 Å². The summed E-state index contributed by atoms with van der Waals surface area (Å²) in [5, 5.41) is 23.7. The number of aliphatic hydroxyl groups is 1. The number of thiophene rings is 1. The minimum absolute atomic E-state index is 0.0715. The van der Waals surface area contributed by atoms with Crippen molar-refractivity contribution in [2.24, 2.45) is 0 Å². The molecule has 2 amide bonds. The maximum Gasteiger partial charge on any atom is 0.274 e. The number of benzene rings is 1. The van der Waals surface area contributed by atoms with E-state index in [1.807, 2.05) is 5.38 Å². The molecule has 0 unspecified atom stereocenters. The summed E-state index contributed by atoms with van der Waals surface area (Å²) < 4.78 is 7.07. The Morgan fingerprint density at radius 2 is 1.97 bits per heavy atom. The van der Waals surface area contributed by atoms with Crippen LogP contribution in [0.25, 0.3) is 5.82 Å². The first-order valence-corrected chi connectivity index (χ1v) is 12.7. The van der Waals surface area contributed by atoms with Gasteiger partial charge >= 0.3 is 0 Å². The summed E-state index contributed by atoms with van der Waals surface area (Å²) >= 11 is 14.0. The van der Waals surface area contributed by atoms with Crippen molar-refractivity contribution in [3.63, 3.8) is 0 Å². The Labute approximate surface area is 227 Å². The van der Waals surface area contributed by atoms with Crippen LogP contribution in [-0.2, 0) is 0 Å². The van der Waals surface area contributed by atoms with Crippen LogP contribution in [0.5, 0.6) is 11.6 Å². The molecule has 192 valence electrons. The third-order valence-electron chi connectivity index (χ3n) is 5.21. The van der Waals surface area contributed by atoms with Crippen molar-refractivity contribution in [3.8, 4) is 17.4 Å². The van der Waals surface area contributed by atoms with Gasteiger partial charge in [0.2, 0.25) is 5.88 Å². The molecule has 37 heavy (non-hydrogen) atoms. The van der Waals surface area contributed by atoms with E-state index in [-0.39, 0.29) is 40.3 Å². The molecule has 3 aromatic heterocycles. The van der Waals surface area contributed by atoms with Crippen molar-refractivity contribution >= 4 is 52.0 Å². The smallest absolute Gasteiger partial charge is 0.274 e. The molecule has 1 aromatic carbocycles. The second kappa shape index (κ2) is 10.9. The highest BCUT2D eigenvalue weighted by molar-refractivity contribution is 7.08. The zero-order valence-electron chi connectivity index (χ0n) is 20.1. The number of anilines is 1. The monoisotopic (exact) mass is 559 g/mol. The van der Waals surface area contributed by atoms with Gasteiger partial charge in [0.05, 0.1) is 28.4 Å². The standard InChI is InChI=1S/C25H23Cl2N5O4S/c1-14-9-15(26)10-17(23(34)30-25(2,3)13-33)21(14)29-24(35)19-11-20(36-16-6-8-37-12-16)31-32(19)22-18(27)5-4-7-28-22/h4-12,33H,13H2,1-3H3,(H,29,35)(H,30,34). The zero-order chi connectivity index (χ0) is 26.7. The topological polar surface area (TPSA) is 118 Å². The number of aliphatic hydroxyl groups excluding tert-OH is 1. The van der Waals surface area contributed by atoms with Crippen molar-refractivity contribution in [2.45, 2.75) is 26.3 Å². The van der Waals surface area contributed by atoms with E-state index in [4.69, 9.17) is 27.9 Å². The van der Waals surface area contributed by atoms with E-state index in [1.165, 1.54) is 34.3 Å². The van der Waals surface area contributed by atoms with E-state index < -0.39 is 17.4 Å². The molecule has 0 spiro atoms. The lowest BCUT2D eigenvalue weighted by atomic mass is 10.0. The van der Waals surface area contributed by atoms with E-state index in [1.54, 1.807) is 50.4 Å². The summed E-state index contributed by atoms with van der Waals surface area (Å²) in [5.74, 6) is -0.156. The molecule has 0 radical (unpaired) electrons. The van der Waals surface area contributed by atoms with Crippen LogP contribution in [0.1, 0.15) is 40.3 Å². The van der Waals surface area contributed by atoms with Crippen LogP contribution < -0.4 is 15.4 Å². The largest absolute Gasteiger partial charge is 0.437 e. The van der Waals surface area contributed by atoms with Gasteiger partial charge in [-0.25, -0.2) is 9.67 Å². The highest BCUT2D eigenvalue weighted by Gasteiger charge is 2.26. The molecule has 4 rings (SSSR count). The van der Waals surface area contributed by atoms with Crippen molar-refractivity contribution in [2.75, 3.05) is 11.9 Å². The highest BCUT2D eigenvalue weighted by atomic mass is 35.5. The lowest BCUT2D eigenvalue weighted by Crippen LogP contribution is -2.46. The molecule has 0 fully saturated rings. The number of nitrogens with one attached hydrogen (secondary N) is 2. The summed E-state index contributed by atoms with van der Waals surface area (Å²) in [6.45, 7) is 4.78. The summed E-state index contributed by atoms with van der Waals surface area (Å²) in [6, 6.07) is 9.59. The lowest BCUT2D eigenvalue weighted by molar-refractivity contribution is 0.0870. The maximum absolute atomic E-state index is 13.6. The van der Waals surface area contributed by atoms with Gasteiger partial charge < -0.3 is 20.5 Å². The molecular formula is C25H23Cl2N5O4S. The van der Waals surface area contributed by atoms with E-state index in [2.05, 4.69) is 20.7 Å². The molecular weight excluding hydrogens is 537 g/mol. The van der Waals surface area contributed by atoms with Crippen molar-refractivity contribution in [3.05, 3.63) is 80.2 Å². The van der Waals surface area contributed by atoms with Crippen LogP contribution >= 0.6 is 34.5 Å². The maximum atomic E-state index is 13.6. The molecule has 12 heteroatoms. The second-order valence-corrected chi connectivity index (χ2v) is 10.4. The van der Waals surface area contributed by atoms with Gasteiger partial charge in [0.25, 0.3) is 11.8 Å². The van der Waals surface area contributed by atoms with Gasteiger partial charge in [-0.3, -0.25) is 9.59 Å². The van der Waals surface area contributed by atoms with Crippen LogP contribution in [0.3, 0.4) is 0 Å². The predicted octanol–water partition coefficient (Wildman–Crippen LogP) is 5.49. The number of pyridine rings is 1. The first-order chi connectivity index (χ1) is 17.6. The van der Waals surface area contributed by atoms with Gasteiger partial charge in [0, 0.05) is 22.7 Å². The lowest BCUT2D eigenvalue weighted by Gasteiger charge is -2.24. The van der Waals surface area contributed by atoms with Crippen molar-refractivity contribution in [1.82, 2.24) is 20.1 Å². The Bertz CT molecular complexity index is 1450. The molecule has 0 bridgehead atoms. The van der Waals surface area contributed by atoms with Crippen LogP contribution in [0.15, 0.2) is 53.4 Å². The first-order valence-electron chi connectivity index (χ1n) is 11.0. The number of aromatic nitrogens is 3. The summed E-state index contributed by atoms with van der Waals surface area (Å²) in [6.07, 6.45) is 1.53. The van der Waals surface area contributed by atoms with Crippen LogP contribution in [-0.4, -0.2) is 43.8 Å². The minimum Gasteiger partial charge on any atom is -0.437 e. The van der Waals surface area contributed by atoms with E-state index in [0.29, 0.717) is 16.3 Å². The molecule has 3 heterocycles. The average molecular weight is 560 g/mol. The number of hydrogen-bond donors (Lipinski definition) is 3. The number of ether oxygens (including phenoxy) is 1. The number of aryl methyl sites for hydroxylation is 1. The Hall–Kier alpha value is -3.44. The molecule has 0 atom stereocenters. The number of amides is 2. The Morgan fingerprint density at radius 3 is 2.65 bits per heavy atom. The molecule has 9 nitrogen and oxygen atoms in total. The van der Waals surface area contributed by atoms with Gasteiger partial charge in [-0.2, -0.15) is 0 Å². The van der Waals surface area contributed by atoms with E-state index >= 15 is 0 Å². The molecule has 0 aliphatic carbocycles. The molecule has 0 aliphatic rings. The van der Waals surface area contributed by atoms with Gasteiger partial charge in [-0.1, -0.05) is 23.2 Å². The second-order valence-electron chi connectivity index (χ2n) is 8.75. The molecule has 0 saturated carbocycles. The highest BCUT2D eigenvalue weighted by Crippen LogP contribution is 2.30. The van der Waals surface area contributed by atoms with E-state index in [0.717, 1.165) is 0 Å². The third kappa shape index (κ3) is 6.11. The number of carbonyl (C=O) groups is 2. The number of carbonyl (C=O) groups excluding carboxylic acids is 2.